The number of nitrogens with one attached hydrogen (secondary N) is 2. The molecule has 1 heterocycles. The minimum absolute atomic E-state index is 0.0274. The van der Waals surface area contributed by atoms with Crippen molar-refractivity contribution in [3.63, 3.8) is 0 Å². The quantitative estimate of drug-likeness (QED) is 0.881. The van der Waals surface area contributed by atoms with E-state index >= 15 is 0 Å². The summed E-state index contributed by atoms with van der Waals surface area (Å²) in [5.41, 5.74) is 0.942. The number of rotatable bonds is 4. The Kier molecular flexibility index (Phi) is 3.57. The van der Waals surface area contributed by atoms with Crippen molar-refractivity contribution >= 4 is 26.6 Å². The zero-order chi connectivity index (χ0) is 14.0. The van der Waals surface area contributed by atoms with E-state index in [1.165, 1.54) is 24.4 Å². The molecule has 19 heavy (non-hydrogen) atoms. The summed E-state index contributed by atoms with van der Waals surface area (Å²) in [4.78, 5) is 14.7. The highest BCUT2D eigenvalue weighted by Gasteiger charge is 2.13. The van der Waals surface area contributed by atoms with Crippen LogP contribution in [-0.2, 0) is 9.84 Å². The van der Waals surface area contributed by atoms with Crippen molar-refractivity contribution < 1.29 is 17.6 Å². The van der Waals surface area contributed by atoms with Crippen molar-refractivity contribution in [2.45, 2.75) is 0 Å². The van der Waals surface area contributed by atoms with Gasteiger partial charge in [0, 0.05) is 29.9 Å². The van der Waals surface area contributed by atoms with Crippen LogP contribution in [-0.4, -0.2) is 37.9 Å². The minimum atomic E-state index is -3.12. The Morgan fingerprint density at radius 3 is 2.84 bits per heavy atom. The Morgan fingerprint density at radius 2 is 2.16 bits per heavy atom. The molecular weight excluding hydrogens is 271 g/mol. The van der Waals surface area contributed by atoms with Crippen LogP contribution in [0.1, 0.15) is 10.4 Å². The molecule has 1 aromatic heterocycles. The van der Waals surface area contributed by atoms with Crippen LogP contribution in [0.2, 0.25) is 0 Å². The van der Waals surface area contributed by atoms with Gasteiger partial charge >= 0.3 is 0 Å². The first kappa shape index (κ1) is 13.5. The molecule has 2 aromatic rings. The Bertz CT molecular complexity index is 722. The largest absolute Gasteiger partial charge is 0.360 e. The van der Waals surface area contributed by atoms with Crippen molar-refractivity contribution in [2.24, 2.45) is 0 Å². The lowest BCUT2D eigenvalue weighted by molar-refractivity contribution is 0.0958. The first-order valence-electron chi connectivity index (χ1n) is 5.59. The van der Waals surface area contributed by atoms with E-state index in [0.29, 0.717) is 16.5 Å². The number of aromatic nitrogens is 1. The van der Waals surface area contributed by atoms with Gasteiger partial charge in [-0.3, -0.25) is 4.79 Å². The summed E-state index contributed by atoms with van der Waals surface area (Å²) in [5, 5.41) is 2.96. The van der Waals surface area contributed by atoms with Crippen molar-refractivity contribution in [2.75, 3.05) is 18.6 Å². The van der Waals surface area contributed by atoms with Crippen LogP contribution < -0.4 is 5.32 Å². The van der Waals surface area contributed by atoms with Gasteiger partial charge in [-0.25, -0.2) is 12.8 Å². The maximum absolute atomic E-state index is 13.1. The maximum Gasteiger partial charge on any atom is 0.253 e. The fourth-order valence-electron chi connectivity index (χ4n) is 1.73. The molecule has 0 unspecified atom stereocenters. The van der Waals surface area contributed by atoms with Crippen LogP contribution in [0.4, 0.5) is 4.39 Å². The van der Waals surface area contributed by atoms with Gasteiger partial charge in [-0.15, -0.1) is 0 Å². The van der Waals surface area contributed by atoms with Crippen molar-refractivity contribution in [3.8, 4) is 0 Å². The number of aromatic amines is 1. The fourth-order valence-corrected chi connectivity index (χ4v) is 2.20. The van der Waals surface area contributed by atoms with E-state index in [9.17, 15) is 17.6 Å². The molecule has 2 N–H and O–H groups in total. The monoisotopic (exact) mass is 284 g/mol. The molecular formula is C12H13FN2O3S. The lowest BCUT2D eigenvalue weighted by Crippen LogP contribution is -2.28. The standard InChI is InChI=1S/C12H13FN2O3S/c1-19(17,18)5-4-14-12(16)10-7-15-11-3-2-8(13)6-9(10)11/h2-3,6-7,15H,4-5H2,1H3,(H,14,16). The predicted molar refractivity (Wildman–Crippen MR) is 70.3 cm³/mol. The molecule has 0 saturated carbocycles. The van der Waals surface area contributed by atoms with Crippen LogP contribution in [0, 0.1) is 5.82 Å². The highest BCUT2D eigenvalue weighted by molar-refractivity contribution is 7.90. The third-order valence-corrected chi connectivity index (χ3v) is 3.59. The van der Waals surface area contributed by atoms with E-state index in [1.807, 2.05) is 0 Å². The number of fused-ring (bicyclic) bond motifs is 1. The number of H-pyrrole nitrogens is 1. The first-order valence-corrected chi connectivity index (χ1v) is 7.65. The molecule has 0 radical (unpaired) electrons. The van der Waals surface area contributed by atoms with Gasteiger partial charge in [-0.2, -0.15) is 0 Å². The van der Waals surface area contributed by atoms with Crippen LogP contribution >= 0.6 is 0 Å². The zero-order valence-electron chi connectivity index (χ0n) is 10.2. The molecule has 0 spiro atoms. The van der Waals surface area contributed by atoms with Crippen molar-refractivity contribution in [1.82, 2.24) is 10.3 Å². The average molecular weight is 284 g/mol. The van der Waals surface area contributed by atoms with E-state index in [4.69, 9.17) is 0 Å². The summed E-state index contributed by atoms with van der Waals surface area (Å²) in [5.74, 6) is -0.993. The lowest BCUT2D eigenvalue weighted by Gasteiger charge is -2.03. The Balaban J connectivity index is 2.15. The van der Waals surface area contributed by atoms with E-state index in [2.05, 4.69) is 10.3 Å². The van der Waals surface area contributed by atoms with Gasteiger partial charge in [0.15, 0.2) is 0 Å². The number of hydrogen-bond acceptors (Lipinski definition) is 3. The average Bonchev–Trinajstić information content (AvgIpc) is 2.69. The second-order valence-electron chi connectivity index (χ2n) is 4.28. The Labute approximate surface area is 109 Å². The lowest BCUT2D eigenvalue weighted by atomic mass is 10.1. The molecule has 2 rings (SSSR count). The number of halogens is 1. The van der Waals surface area contributed by atoms with Gasteiger partial charge in [0.2, 0.25) is 0 Å². The molecule has 0 aliphatic carbocycles. The van der Waals surface area contributed by atoms with Crippen LogP contribution in [0.5, 0.6) is 0 Å². The number of carbonyl (C=O) groups is 1. The van der Waals surface area contributed by atoms with Gasteiger partial charge in [0.05, 0.1) is 11.3 Å². The smallest absolute Gasteiger partial charge is 0.253 e. The third-order valence-electron chi connectivity index (χ3n) is 2.65. The number of carbonyl (C=O) groups excluding carboxylic acids is 1. The van der Waals surface area contributed by atoms with Crippen LogP contribution in [0.15, 0.2) is 24.4 Å². The van der Waals surface area contributed by atoms with Gasteiger partial charge in [0.1, 0.15) is 15.7 Å². The summed E-state index contributed by atoms with van der Waals surface area (Å²) in [6, 6.07) is 4.10. The summed E-state index contributed by atoms with van der Waals surface area (Å²) in [6.45, 7) is 0.0274. The predicted octanol–water partition coefficient (Wildman–Crippen LogP) is 1.08. The molecule has 102 valence electrons. The van der Waals surface area contributed by atoms with Crippen molar-refractivity contribution in [1.29, 1.82) is 0 Å². The molecule has 0 atom stereocenters. The molecule has 7 heteroatoms. The van der Waals surface area contributed by atoms with Crippen molar-refractivity contribution in [3.05, 3.63) is 35.8 Å². The van der Waals surface area contributed by atoms with E-state index in [-0.39, 0.29) is 12.3 Å². The molecule has 0 fully saturated rings. The number of benzene rings is 1. The normalized spacial score (nSPS) is 11.7. The summed E-state index contributed by atoms with van der Waals surface area (Å²) < 4.78 is 35.0. The van der Waals surface area contributed by atoms with Gasteiger partial charge in [-0.1, -0.05) is 0 Å². The van der Waals surface area contributed by atoms with Crippen LogP contribution in [0.25, 0.3) is 10.9 Å². The van der Waals surface area contributed by atoms with E-state index in [1.54, 1.807) is 0 Å². The minimum Gasteiger partial charge on any atom is -0.360 e. The summed E-state index contributed by atoms with van der Waals surface area (Å²) in [7, 11) is -3.12. The Hall–Kier alpha value is -1.89. The molecule has 0 bridgehead atoms. The number of amides is 1. The SMILES string of the molecule is CS(=O)(=O)CCNC(=O)c1c[nH]c2ccc(F)cc12. The number of hydrogen-bond donors (Lipinski definition) is 2. The first-order chi connectivity index (χ1) is 8.87. The zero-order valence-corrected chi connectivity index (χ0v) is 11.1. The molecule has 1 aromatic carbocycles. The molecule has 0 aliphatic heterocycles. The maximum atomic E-state index is 13.1. The highest BCUT2D eigenvalue weighted by atomic mass is 32.2. The molecule has 1 amide bonds. The second-order valence-corrected chi connectivity index (χ2v) is 6.54. The van der Waals surface area contributed by atoms with Crippen LogP contribution in [0.3, 0.4) is 0 Å². The second kappa shape index (κ2) is 5.00. The molecule has 0 saturated heterocycles. The summed E-state index contributed by atoms with van der Waals surface area (Å²) in [6.07, 6.45) is 2.57. The Morgan fingerprint density at radius 1 is 1.42 bits per heavy atom. The van der Waals surface area contributed by atoms with Gasteiger partial charge in [0.25, 0.3) is 5.91 Å². The number of sulfone groups is 1. The molecule has 0 aliphatic rings. The highest BCUT2D eigenvalue weighted by Crippen LogP contribution is 2.19. The fraction of sp³-hybridized carbons (Fsp3) is 0.250. The van der Waals surface area contributed by atoms with E-state index in [0.717, 1.165) is 6.26 Å². The van der Waals surface area contributed by atoms with Gasteiger partial charge in [-0.05, 0) is 18.2 Å². The summed E-state index contributed by atoms with van der Waals surface area (Å²) >= 11 is 0. The molecule has 5 nitrogen and oxygen atoms in total. The third kappa shape index (κ3) is 3.31. The topological polar surface area (TPSA) is 79.0 Å². The van der Waals surface area contributed by atoms with E-state index < -0.39 is 21.6 Å². The van der Waals surface area contributed by atoms with Gasteiger partial charge < -0.3 is 10.3 Å².